The van der Waals surface area contributed by atoms with Gasteiger partial charge in [-0.2, -0.15) is 0 Å². The fourth-order valence-corrected chi connectivity index (χ4v) is 10.0. The van der Waals surface area contributed by atoms with Crippen molar-refractivity contribution in [3.63, 3.8) is 0 Å². The molecule has 0 spiro atoms. The average molecular weight is 545 g/mol. The Labute approximate surface area is 229 Å². The summed E-state index contributed by atoms with van der Waals surface area (Å²) in [5, 5.41) is 0. The van der Waals surface area contributed by atoms with Crippen LogP contribution in [0.1, 0.15) is 18.9 Å². The summed E-state index contributed by atoms with van der Waals surface area (Å²) in [4.78, 5) is 7.98. The summed E-state index contributed by atoms with van der Waals surface area (Å²) in [7, 11) is 0. The molecule has 0 aliphatic heterocycles. The number of rotatable bonds is 10. The largest absolute Gasteiger partial charge is 0.141 e. The van der Waals surface area contributed by atoms with Crippen LogP contribution in [0.3, 0.4) is 0 Å². The fraction of sp³-hybridized carbons (Fsp3) is 0.0667. The molecule has 0 atom stereocenters. The van der Waals surface area contributed by atoms with Gasteiger partial charge in [0.2, 0.25) is 0 Å². The van der Waals surface area contributed by atoms with E-state index in [9.17, 15) is 0 Å². The Morgan fingerprint density at radius 3 is 0.857 bits per heavy atom. The van der Waals surface area contributed by atoms with Gasteiger partial charge in [0.15, 0.2) is 0 Å². The normalized spacial score (nSPS) is 11.3. The molecule has 5 rings (SSSR count). The maximum atomic E-state index is 2.33. The van der Waals surface area contributed by atoms with Crippen LogP contribution < -0.4 is 0 Å². The Morgan fingerprint density at radius 1 is 0.343 bits per heavy atom. The highest BCUT2D eigenvalue weighted by Gasteiger charge is 2.22. The van der Waals surface area contributed by atoms with Crippen molar-refractivity contribution in [2.45, 2.75) is 28.7 Å². The molecule has 0 saturated carbocycles. The third-order valence-electron chi connectivity index (χ3n) is 5.06. The summed E-state index contributed by atoms with van der Waals surface area (Å²) >= 11 is 9.66. The number of hydrogen-bond acceptors (Lipinski definition) is 5. The Kier molecular flexibility index (Phi) is 9.02. The molecular formula is C30H24S5. The first-order valence-corrected chi connectivity index (χ1v) is 15.6. The van der Waals surface area contributed by atoms with E-state index in [1.165, 1.54) is 29.3 Å². The zero-order valence-electron chi connectivity index (χ0n) is 18.9. The van der Waals surface area contributed by atoms with Gasteiger partial charge in [-0.25, -0.2) is 0 Å². The molecule has 0 unspecified atom stereocenters. The molecule has 0 aliphatic carbocycles. The van der Waals surface area contributed by atoms with Crippen molar-refractivity contribution in [1.29, 1.82) is 0 Å². The van der Waals surface area contributed by atoms with Crippen molar-refractivity contribution in [1.82, 2.24) is 0 Å². The van der Waals surface area contributed by atoms with E-state index in [1.807, 2.05) is 58.4 Å². The second-order valence-electron chi connectivity index (χ2n) is 7.63. The van der Waals surface area contributed by atoms with E-state index < -0.39 is 0 Å². The molecule has 35 heavy (non-hydrogen) atoms. The molecule has 0 fully saturated rings. The molecule has 0 radical (unpaired) electrons. The molecule has 1 aromatic heterocycles. The molecule has 1 heterocycles. The molecule has 0 aliphatic rings. The molecule has 174 valence electrons. The van der Waals surface area contributed by atoms with E-state index in [4.69, 9.17) is 0 Å². The van der Waals surface area contributed by atoms with Gasteiger partial charge in [-0.3, -0.25) is 0 Å². The lowest BCUT2D eigenvalue weighted by Gasteiger charge is -2.17. The van der Waals surface area contributed by atoms with Crippen molar-refractivity contribution in [3.8, 4) is 0 Å². The number of thiophene rings is 1. The zero-order chi connectivity index (χ0) is 23.7. The molecule has 0 nitrogen and oxygen atoms in total. The first-order valence-electron chi connectivity index (χ1n) is 11.3. The van der Waals surface area contributed by atoms with E-state index in [-0.39, 0.29) is 0 Å². The van der Waals surface area contributed by atoms with Crippen LogP contribution in [-0.2, 0) is 0 Å². The molecule has 0 N–H and O–H groups in total. The lowest BCUT2D eigenvalue weighted by atomic mass is 10.4. The van der Waals surface area contributed by atoms with Gasteiger partial charge >= 0.3 is 0 Å². The van der Waals surface area contributed by atoms with Crippen LogP contribution >= 0.6 is 58.4 Å². The number of hydrogen-bond donors (Lipinski definition) is 0. The van der Waals surface area contributed by atoms with E-state index in [0.29, 0.717) is 9.16 Å². The van der Waals surface area contributed by atoms with Gasteiger partial charge < -0.3 is 0 Å². The average Bonchev–Trinajstić information content (AvgIpc) is 3.41. The minimum absolute atomic E-state index is 0.294. The van der Waals surface area contributed by atoms with Crippen LogP contribution in [0.2, 0.25) is 0 Å². The fourth-order valence-electron chi connectivity index (χ4n) is 3.39. The molecule has 0 saturated heterocycles. The quantitative estimate of drug-likeness (QED) is 0.127. The van der Waals surface area contributed by atoms with Gasteiger partial charge in [-0.15, -0.1) is 58.4 Å². The van der Waals surface area contributed by atoms with Crippen LogP contribution in [0.5, 0.6) is 0 Å². The molecular weight excluding hydrogens is 521 g/mol. The zero-order valence-corrected chi connectivity index (χ0v) is 23.0. The molecule has 5 heteroatoms. The predicted molar refractivity (Wildman–Crippen MR) is 159 cm³/mol. The molecule has 4 aromatic carbocycles. The van der Waals surface area contributed by atoms with E-state index in [1.54, 1.807) is 0 Å². The lowest BCUT2D eigenvalue weighted by Crippen LogP contribution is -1.87. The maximum absolute atomic E-state index is 2.33. The third-order valence-corrected chi connectivity index (χ3v) is 12.1. The highest BCUT2D eigenvalue weighted by atomic mass is 32.2. The SMILES string of the molecule is c1ccc(SC(Sc2ccccc2)c2ccc(C(Sc3ccccc3)Sc3ccccc3)s2)cc1. The van der Waals surface area contributed by atoms with Crippen molar-refractivity contribution in [3.05, 3.63) is 143 Å². The summed E-state index contributed by atoms with van der Waals surface area (Å²) < 4.78 is 0.588. The lowest BCUT2D eigenvalue weighted by molar-refractivity contribution is 1.38. The maximum Gasteiger partial charge on any atom is 0.0937 e. The Hall–Kier alpha value is -2.02. The van der Waals surface area contributed by atoms with Crippen molar-refractivity contribution in [2.75, 3.05) is 0 Å². The Bertz CT molecular complexity index is 1100. The minimum atomic E-state index is 0.294. The van der Waals surface area contributed by atoms with Crippen LogP contribution in [0.15, 0.2) is 153 Å². The van der Waals surface area contributed by atoms with Gasteiger partial charge in [0.1, 0.15) is 0 Å². The van der Waals surface area contributed by atoms with Crippen molar-refractivity contribution in [2.24, 2.45) is 0 Å². The summed E-state index contributed by atoms with van der Waals surface area (Å²) in [6.07, 6.45) is 0. The first kappa shape index (κ1) is 24.7. The van der Waals surface area contributed by atoms with Crippen LogP contribution in [-0.4, -0.2) is 0 Å². The van der Waals surface area contributed by atoms with Gasteiger partial charge in [0, 0.05) is 29.3 Å². The second-order valence-corrected chi connectivity index (χ2v) is 14.1. The highest BCUT2D eigenvalue weighted by molar-refractivity contribution is 8.17. The summed E-state index contributed by atoms with van der Waals surface area (Å²) in [5.41, 5.74) is 0. The topological polar surface area (TPSA) is 0 Å². The smallest absolute Gasteiger partial charge is 0.0937 e. The van der Waals surface area contributed by atoms with E-state index in [2.05, 4.69) is 133 Å². The van der Waals surface area contributed by atoms with Gasteiger partial charge in [-0.05, 0) is 60.7 Å². The summed E-state index contributed by atoms with van der Waals surface area (Å²) in [5.74, 6) is 0. The Balaban J connectivity index is 1.43. The number of benzene rings is 4. The van der Waals surface area contributed by atoms with Gasteiger partial charge in [0.05, 0.1) is 9.16 Å². The van der Waals surface area contributed by atoms with Gasteiger partial charge in [-0.1, -0.05) is 72.8 Å². The van der Waals surface area contributed by atoms with Crippen molar-refractivity contribution >= 4 is 58.4 Å². The van der Waals surface area contributed by atoms with Crippen LogP contribution in [0.25, 0.3) is 0 Å². The van der Waals surface area contributed by atoms with Crippen LogP contribution in [0, 0.1) is 0 Å². The first-order chi connectivity index (χ1) is 17.3. The van der Waals surface area contributed by atoms with Crippen molar-refractivity contribution < 1.29 is 0 Å². The molecule has 5 aromatic rings. The Morgan fingerprint density at radius 2 is 0.600 bits per heavy atom. The van der Waals surface area contributed by atoms with Gasteiger partial charge in [0.25, 0.3) is 0 Å². The van der Waals surface area contributed by atoms with Crippen LogP contribution in [0.4, 0.5) is 0 Å². The third kappa shape index (κ3) is 7.25. The highest BCUT2D eigenvalue weighted by Crippen LogP contribution is 2.53. The summed E-state index contributed by atoms with van der Waals surface area (Å²) in [6.45, 7) is 0. The number of thioether (sulfide) groups is 4. The second kappa shape index (κ2) is 12.8. The minimum Gasteiger partial charge on any atom is -0.141 e. The molecule has 0 bridgehead atoms. The monoisotopic (exact) mass is 544 g/mol. The molecule has 0 amide bonds. The standard InChI is InChI=1S/C30H24S5/c1-5-13-23(14-6-1)31-29(32-24-15-7-2-8-16-24)27-21-22-28(35-27)30(33-25-17-9-3-10-18-25)34-26-19-11-4-12-20-26/h1-22,29-30H. The van der Waals surface area contributed by atoms with E-state index in [0.717, 1.165) is 0 Å². The predicted octanol–water partition coefficient (Wildman–Crippen LogP) is 10.9. The van der Waals surface area contributed by atoms with E-state index >= 15 is 0 Å². The summed E-state index contributed by atoms with van der Waals surface area (Å²) in [6, 6.07) is 47.6.